The normalized spacial score (nSPS) is 15.0. The molecule has 1 atom stereocenters. The van der Waals surface area contributed by atoms with Crippen molar-refractivity contribution in [3.05, 3.63) is 105 Å². The number of nitrogens with one attached hydrogen (secondary N) is 3. The molecule has 0 saturated heterocycles. The first-order valence-corrected chi connectivity index (χ1v) is 13.8. The number of benzene rings is 2. The van der Waals surface area contributed by atoms with E-state index in [0.717, 1.165) is 28.8 Å². The molecular weight excluding hydrogens is 508 g/mol. The summed E-state index contributed by atoms with van der Waals surface area (Å²) in [7, 11) is 0. The van der Waals surface area contributed by atoms with Crippen LogP contribution in [0, 0.1) is 32.1 Å². The molecular formula is C31H32N4O3S. The lowest BCUT2D eigenvalue weighted by Gasteiger charge is -2.28. The second-order valence-corrected chi connectivity index (χ2v) is 10.6. The summed E-state index contributed by atoms with van der Waals surface area (Å²) < 4.78 is 5.70. The van der Waals surface area contributed by atoms with Gasteiger partial charge in [0.15, 0.2) is 0 Å². The minimum Gasteiger partial charge on any atom is -0.468 e. The van der Waals surface area contributed by atoms with E-state index < -0.39 is 5.92 Å². The Bertz CT molecular complexity index is 1470. The van der Waals surface area contributed by atoms with E-state index in [4.69, 9.17) is 4.42 Å². The van der Waals surface area contributed by atoms with Crippen LogP contribution in [0.3, 0.4) is 0 Å². The maximum atomic E-state index is 13.7. The molecule has 1 aliphatic rings. The topological polar surface area (TPSA) is 107 Å². The predicted octanol–water partition coefficient (Wildman–Crippen LogP) is 6.47. The molecule has 0 bridgehead atoms. The highest BCUT2D eigenvalue weighted by atomic mass is 32.2. The third kappa shape index (κ3) is 6.27. The van der Waals surface area contributed by atoms with Crippen LogP contribution in [0.5, 0.6) is 0 Å². The number of nitriles is 1. The monoisotopic (exact) mass is 540 g/mol. The maximum Gasteiger partial charge on any atom is 0.254 e. The summed E-state index contributed by atoms with van der Waals surface area (Å²) in [6.45, 7) is 9.80. The van der Waals surface area contributed by atoms with Gasteiger partial charge in [-0.25, -0.2) is 0 Å². The van der Waals surface area contributed by atoms with Crippen LogP contribution in [0.15, 0.2) is 81.1 Å². The van der Waals surface area contributed by atoms with Crippen LogP contribution < -0.4 is 16.0 Å². The van der Waals surface area contributed by atoms with E-state index in [9.17, 15) is 14.9 Å². The largest absolute Gasteiger partial charge is 0.468 e. The quantitative estimate of drug-likeness (QED) is 0.302. The number of hydrogen-bond donors (Lipinski definition) is 3. The Kier molecular flexibility index (Phi) is 8.62. The second-order valence-electron chi connectivity index (χ2n) is 9.58. The van der Waals surface area contributed by atoms with Crippen molar-refractivity contribution in [1.29, 1.82) is 5.26 Å². The zero-order chi connectivity index (χ0) is 28.1. The summed E-state index contributed by atoms with van der Waals surface area (Å²) in [5.74, 6) is -0.662. The standard InChI is InChI=1S/C31H32N4O3S/c1-6-22-9-11-23(12-10-22)34-26(36)17-39-31-24(16-32)28(25-8-7-13-38-25)27(21(5)33-31)30(37)35-29-19(3)14-18(2)15-20(29)4/h7-15,28,33H,6,17H2,1-5H3,(H,34,36)(H,35,37)/t28-/m0/s1. The molecule has 1 aromatic heterocycles. The lowest BCUT2D eigenvalue weighted by atomic mass is 9.85. The van der Waals surface area contributed by atoms with Crippen LogP contribution in [0.2, 0.25) is 0 Å². The summed E-state index contributed by atoms with van der Waals surface area (Å²) in [5.41, 5.74) is 6.99. The zero-order valence-electron chi connectivity index (χ0n) is 22.8. The first kappa shape index (κ1) is 27.8. The zero-order valence-corrected chi connectivity index (χ0v) is 23.6. The molecule has 2 aromatic carbocycles. The predicted molar refractivity (Wildman–Crippen MR) is 156 cm³/mol. The number of amides is 2. The van der Waals surface area contributed by atoms with Crippen molar-refractivity contribution in [1.82, 2.24) is 5.32 Å². The molecule has 3 aromatic rings. The fourth-order valence-corrected chi connectivity index (χ4v) is 5.68. The summed E-state index contributed by atoms with van der Waals surface area (Å²) >= 11 is 1.22. The van der Waals surface area contributed by atoms with Gasteiger partial charge in [0, 0.05) is 17.1 Å². The van der Waals surface area contributed by atoms with Gasteiger partial charge in [-0.2, -0.15) is 5.26 Å². The molecule has 8 heteroatoms. The highest BCUT2D eigenvalue weighted by Crippen LogP contribution is 2.41. The van der Waals surface area contributed by atoms with Crippen molar-refractivity contribution in [2.24, 2.45) is 0 Å². The van der Waals surface area contributed by atoms with Gasteiger partial charge in [0.05, 0.1) is 40.2 Å². The van der Waals surface area contributed by atoms with Crippen LogP contribution in [-0.2, 0) is 16.0 Å². The molecule has 0 aliphatic carbocycles. The number of aryl methyl sites for hydroxylation is 4. The molecule has 0 unspecified atom stereocenters. The number of hydrogen-bond acceptors (Lipinski definition) is 6. The van der Waals surface area contributed by atoms with Crippen molar-refractivity contribution in [3.63, 3.8) is 0 Å². The molecule has 3 N–H and O–H groups in total. The van der Waals surface area contributed by atoms with Gasteiger partial charge in [-0.15, -0.1) is 0 Å². The number of nitrogens with zero attached hydrogens (tertiary/aromatic N) is 1. The van der Waals surface area contributed by atoms with Gasteiger partial charge >= 0.3 is 0 Å². The highest BCUT2D eigenvalue weighted by molar-refractivity contribution is 8.03. The highest BCUT2D eigenvalue weighted by Gasteiger charge is 2.36. The van der Waals surface area contributed by atoms with Crippen LogP contribution in [0.25, 0.3) is 0 Å². The molecule has 0 radical (unpaired) electrons. The molecule has 7 nitrogen and oxygen atoms in total. The molecule has 2 amide bonds. The summed E-state index contributed by atoms with van der Waals surface area (Å²) in [5, 5.41) is 19.9. The van der Waals surface area contributed by atoms with Crippen molar-refractivity contribution in [2.75, 3.05) is 16.4 Å². The fourth-order valence-electron chi connectivity index (χ4n) is 4.78. The van der Waals surface area contributed by atoms with Crippen LogP contribution in [0.4, 0.5) is 11.4 Å². The average Bonchev–Trinajstić information content (AvgIpc) is 3.44. The van der Waals surface area contributed by atoms with E-state index in [1.807, 2.05) is 57.2 Å². The van der Waals surface area contributed by atoms with Gasteiger partial charge in [0.25, 0.3) is 5.91 Å². The number of allylic oxidation sites excluding steroid dienone is 2. The Morgan fingerprint density at radius 1 is 1.05 bits per heavy atom. The average molecular weight is 541 g/mol. The van der Waals surface area contributed by atoms with Crippen molar-refractivity contribution < 1.29 is 14.0 Å². The van der Waals surface area contributed by atoms with Crippen molar-refractivity contribution >= 4 is 35.0 Å². The van der Waals surface area contributed by atoms with Crippen LogP contribution >= 0.6 is 11.8 Å². The Morgan fingerprint density at radius 3 is 2.33 bits per heavy atom. The molecule has 4 rings (SSSR count). The van der Waals surface area contributed by atoms with Crippen LogP contribution in [-0.4, -0.2) is 17.6 Å². The summed E-state index contributed by atoms with van der Waals surface area (Å²) in [6.07, 6.45) is 2.45. The molecule has 0 spiro atoms. The Hall–Kier alpha value is -4.22. The molecule has 39 heavy (non-hydrogen) atoms. The van der Waals surface area contributed by atoms with Crippen LogP contribution in [0.1, 0.15) is 47.8 Å². The molecule has 1 aliphatic heterocycles. The number of rotatable bonds is 8. The number of anilines is 2. The summed E-state index contributed by atoms with van der Waals surface area (Å²) in [4.78, 5) is 26.4. The van der Waals surface area contributed by atoms with Gasteiger partial charge in [-0.1, -0.05) is 48.5 Å². The second kappa shape index (κ2) is 12.1. The minimum atomic E-state index is -0.718. The molecule has 0 saturated carbocycles. The van der Waals surface area contributed by atoms with E-state index in [1.165, 1.54) is 23.6 Å². The van der Waals surface area contributed by atoms with Gasteiger partial charge in [-0.05, 0) is 75.1 Å². The van der Waals surface area contributed by atoms with E-state index in [-0.39, 0.29) is 17.6 Å². The Labute approximate surface area is 233 Å². The number of carbonyl (C=O) groups is 2. The smallest absolute Gasteiger partial charge is 0.254 e. The number of thioether (sulfide) groups is 1. The van der Waals surface area contributed by atoms with Crippen molar-refractivity contribution in [2.45, 2.75) is 47.0 Å². The van der Waals surface area contributed by atoms with E-state index in [2.05, 4.69) is 28.9 Å². The Morgan fingerprint density at radius 2 is 1.74 bits per heavy atom. The minimum absolute atomic E-state index is 0.0878. The lowest BCUT2D eigenvalue weighted by Crippen LogP contribution is -2.31. The maximum absolute atomic E-state index is 13.7. The van der Waals surface area contributed by atoms with E-state index in [1.54, 1.807) is 19.1 Å². The summed E-state index contributed by atoms with van der Waals surface area (Å²) in [6, 6.07) is 17.5. The number of dihydropyridines is 1. The van der Waals surface area contributed by atoms with E-state index in [0.29, 0.717) is 33.3 Å². The molecule has 2 heterocycles. The molecule has 200 valence electrons. The first-order chi connectivity index (χ1) is 18.7. The number of carbonyl (C=O) groups excluding carboxylic acids is 2. The lowest BCUT2D eigenvalue weighted by molar-refractivity contribution is -0.114. The first-order valence-electron chi connectivity index (χ1n) is 12.8. The third-order valence-electron chi connectivity index (χ3n) is 6.63. The van der Waals surface area contributed by atoms with Gasteiger partial charge in [0.1, 0.15) is 5.76 Å². The number of furan rings is 1. The third-order valence-corrected chi connectivity index (χ3v) is 7.65. The van der Waals surface area contributed by atoms with Crippen molar-refractivity contribution in [3.8, 4) is 6.07 Å². The molecule has 0 fully saturated rings. The fraction of sp³-hybridized carbons (Fsp3) is 0.258. The Balaban J connectivity index is 1.58. The van der Waals surface area contributed by atoms with Gasteiger partial charge in [-0.3, -0.25) is 9.59 Å². The van der Waals surface area contributed by atoms with Gasteiger partial charge in [0.2, 0.25) is 5.91 Å². The SMILES string of the molecule is CCc1ccc(NC(=O)CSC2=C(C#N)[C@@H](c3ccco3)C(C(=O)Nc3c(C)cc(C)cc3C)=C(C)N2)cc1. The van der Waals surface area contributed by atoms with Gasteiger partial charge < -0.3 is 20.4 Å². The van der Waals surface area contributed by atoms with E-state index >= 15 is 0 Å².